The number of rotatable bonds is 3. The highest BCUT2D eigenvalue weighted by Gasteiger charge is 2.28. The first-order chi connectivity index (χ1) is 10.9. The minimum Gasteiger partial charge on any atom is -0.356 e. The highest BCUT2D eigenvalue weighted by Crippen LogP contribution is 2.42. The summed E-state index contributed by atoms with van der Waals surface area (Å²) in [5, 5.41) is 1.23. The van der Waals surface area contributed by atoms with Crippen LogP contribution < -0.4 is 9.80 Å². The number of aromatic nitrogens is 3. The summed E-state index contributed by atoms with van der Waals surface area (Å²) in [6.45, 7) is 4.47. The van der Waals surface area contributed by atoms with E-state index in [0.717, 1.165) is 49.5 Å². The van der Waals surface area contributed by atoms with Crippen LogP contribution in [0.1, 0.15) is 50.1 Å². The summed E-state index contributed by atoms with van der Waals surface area (Å²) in [6.07, 6.45) is 7.72. The highest BCUT2D eigenvalue weighted by molar-refractivity contribution is 5.90. The third-order valence-corrected chi connectivity index (χ3v) is 5.29. The molecule has 1 saturated carbocycles. The average Bonchev–Trinajstić information content (AvgIpc) is 3.03. The molecular weight excluding hydrogens is 274 g/mol. The molecule has 0 bridgehead atoms. The van der Waals surface area contributed by atoms with Gasteiger partial charge in [-0.1, -0.05) is 0 Å². The predicted molar refractivity (Wildman–Crippen MR) is 88.8 cm³/mol. The molecule has 0 unspecified atom stereocenters. The number of hydrogen-bond donors (Lipinski definition) is 1. The van der Waals surface area contributed by atoms with Crippen molar-refractivity contribution in [2.24, 2.45) is 0 Å². The zero-order valence-electron chi connectivity index (χ0n) is 13.0. The summed E-state index contributed by atoms with van der Waals surface area (Å²) in [5.41, 5.74) is 2.41. The highest BCUT2D eigenvalue weighted by atomic mass is 15.3. The molecule has 2 aromatic rings. The Morgan fingerprint density at radius 2 is 1.59 bits per heavy atom. The van der Waals surface area contributed by atoms with Gasteiger partial charge in [0, 0.05) is 31.9 Å². The van der Waals surface area contributed by atoms with Crippen molar-refractivity contribution in [1.29, 1.82) is 0 Å². The normalized spacial score (nSPS) is 22.2. The van der Waals surface area contributed by atoms with E-state index in [1.54, 1.807) is 0 Å². The van der Waals surface area contributed by atoms with E-state index >= 15 is 0 Å². The van der Waals surface area contributed by atoms with Gasteiger partial charge >= 0.3 is 0 Å². The van der Waals surface area contributed by atoms with Gasteiger partial charge in [-0.2, -0.15) is 9.97 Å². The Kier molecular flexibility index (Phi) is 2.81. The number of nitrogens with one attached hydrogen (secondary N) is 1. The maximum Gasteiger partial charge on any atom is 0.229 e. The number of fused-ring (bicyclic) bond motifs is 1. The van der Waals surface area contributed by atoms with Crippen molar-refractivity contribution in [1.82, 2.24) is 15.0 Å². The second-order valence-electron chi connectivity index (χ2n) is 7.00. The molecule has 5 heteroatoms. The largest absolute Gasteiger partial charge is 0.356 e. The fourth-order valence-electron chi connectivity index (χ4n) is 3.85. The van der Waals surface area contributed by atoms with Gasteiger partial charge in [0.15, 0.2) is 0 Å². The van der Waals surface area contributed by atoms with E-state index in [4.69, 9.17) is 9.97 Å². The fraction of sp³-hybridized carbons (Fsp3) is 0.647. The molecule has 4 heterocycles. The second-order valence-corrected chi connectivity index (χ2v) is 7.00. The number of aromatic amines is 1. The van der Waals surface area contributed by atoms with Gasteiger partial charge < -0.3 is 14.8 Å². The molecule has 2 aliphatic heterocycles. The van der Waals surface area contributed by atoms with Crippen LogP contribution in [-0.2, 0) is 0 Å². The molecule has 3 aliphatic rings. The Balaban J connectivity index is 1.64. The van der Waals surface area contributed by atoms with Crippen LogP contribution in [0.5, 0.6) is 0 Å². The Labute approximate surface area is 130 Å². The van der Waals surface area contributed by atoms with Gasteiger partial charge in [-0.25, -0.2) is 0 Å². The van der Waals surface area contributed by atoms with E-state index < -0.39 is 0 Å². The maximum atomic E-state index is 4.98. The van der Waals surface area contributed by atoms with Crippen LogP contribution in [0.4, 0.5) is 11.8 Å². The summed E-state index contributed by atoms with van der Waals surface area (Å²) >= 11 is 0. The lowest BCUT2D eigenvalue weighted by atomic mass is 10.2. The van der Waals surface area contributed by atoms with Gasteiger partial charge in [0.05, 0.1) is 5.39 Å². The lowest BCUT2D eigenvalue weighted by Gasteiger charge is -2.21. The predicted octanol–water partition coefficient (Wildman–Crippen LogP) is 3.04. The fourth-order valence-corrected chi connectivity index (χ4v) is 3.85. The molecule has 2 aromatic heterocycles. The SMILES string of the molecule is c1c(C2CC2)[nH]c2nc(N3CCCC3)nc(N3CCCC3)c12. The van der Waals surface area contributed by atoms with Crippen LogP contribution in [0.15, 0.2) is 6.07 Å². The van der Waals surface area contributed by atoms with Crippen molar-refractivity contribution in [3.63, 3.8) is 0 Å². The number of anilines is 2. The molecular formula is C17H23N5. The Hall–Kier alpha value is -1.78. The van der Waals surface area contributed by atoms with Gasteiger partial charge in [0.1, 0.15) is 11.5 Å². The quantitative estimate of drug-likeness (QED) is 0.946. The molecule has 0 aromatic carbocycles. The summed E-state index contributed by atoms with van der Waals surface area (Å²) in [6, 6.07) is 2.31. The van der Waals surface area contributed by atoms with Crippen LogP contribution in [0, 0.1) is 0 Å². The van der Waals surface area contributed by atoms with Gasteiger partial charge in [0.2, 0.25) is 5.95 Å². The molecule has 1 aliphatic carbocycles. The molecule has 5 nitrogen and oxygen atoms in total. The summed E-state index contributed by atoms with van der Waals surface area (Å²) in [4.78, 5) is 18.2. The van der Waals surface area contributed by atoms with E-state index in [0.29, 0.717) is 0 Å². The first kappa shape index (κ1) is 12.7. The first-order valence-corrected chi connectivity index (χ1v) is 8.79. The molecule has 5 rings (SSSR count). The molecule has 2 saturated heterocycles. The van der Waals surface area contributed by atoms with Crippen molar-refractivity contribution in [2.45, 2.75) is 44.4 Å². The van der Waals surface area contributed by atoms with Crippen molar-refractivity contribution in [3.8, 4) is 0 Å². The zero-order chi connectivity index (χ0) is 14.5. The Morgan fingerprint density at radius 1 is 0.909 bits per heavy atom. The van der Waals surface area contributed by atoms with Crippen LogP contribution in [0.3, 0.4) is 0 Å². The second kappa shape index (κ2) is 4.86. The van der Waals surface area contributed by atoms with Gasteiger partial charge in [-0.15, -0.1) is 0 Å². The van der Waals surface area contributed by atoms with Crippen LogP contribution in [0.2, 0.25) is 0 Å². The van der Waals surface area contributed by atoms with E-state index in [-0.39, 0.29) is 0 Å². The minimum atomic E-state index is 0.732. The zero-order valence-corrected chi connectivity index (χ0v) is 13.0. The lowest BCUT2D eigenvalue weighted by Crippen LogP contribution is -2.24. The Bertz CT molecular complexity index is 690. The molecule has 0 atom stereocenters. The average molecular weight is 297 g/mol. The van der Waals surface area contributed by atoms with Gasteiger partial charge in [-0.05, 0) is 50.5 Å². The molecule has 3 fully saturated rings. The summed E-state index contributed by atoms with van der Waals surface area (Å²) < 4.78 is 0. The number of hydrogen-bond acceptors (Lipinski definition) is 4. The molecule has 22 heavy (non-hydrogen) atoms. The molecule has 116 valence electrons. The third-order valence-electron chi connectivity index (χ3n) is 5.29. The molecule has 0 spiro atoms. The van der Waals surface area contributed by atoms with Gasteiger partial charge in [-0.3, -0.25) is 0 Å². The van der Waals surface area contributed by atoms with Crippen molar-refractivity contribution in [2.75, 3.05) is 36.0 Å². The monoisotopic (exact) mass is 297 g/mol. The van der Waals surface area contributed by atoms with Crippen LogP contribution >= 0.6 is 0 Å². The number of nitrogens with zero attached hydrogens (tertiary/aromatic N) is 4. The topological polar surface area (TPSA) is 48.1 Å². The van der Waals surface area contributed by atoms with Crippen molar-refractivity contribution < 1.29 is 0 Å². The number of H-pyrrole nitrogens is 1. The minimum absolute atomic E-state index is 0.732. The summed E-state index contributed by atoms with van der Waals surface area (Å²) in [7, 11) is 0. The first-order valence-electron chi connectivity index (χ1n) is 8.79. The van der Waals surface area contributed by atoms with Gasteiger partial charge in [0.25, 0.3) is 0 Å². The standard InChI is InChI=1S/C17H23N5/c1-2-8-21(7-1)16-13-11-14(12-5-6-12)18-15(13)19-17(20-16)22-9-3-4-10-22/h11-12H,1-10H2,(H,18,19,20). The summed E-state index contributed by atoms with van der Waals surface area (Å²) in [5.74, 6) is 2.82. The van der Waals surface area contributed by atoms with E-state index in [2.05, 4.69) is 20.9 Å². The van der Waals surface area contributed by atoms with E-state index in [1.807, 2.05) is 0 Å². The van der Waals surface area contributed by atoms with E-state index in [1.165, 1.54) is 49.6 Å². The Morgan fingerprint density at radius 3 is 2.27 bits per heavy atom. The molecule has 0 amide bonds. The molecule has 0 radical (unpaired) electrons. The van der Waals surface area contributed by atoms with Crippen molar-refractivity contribution >= 4 is 22.8 Å². The molecule has 1 N–H and O–H groups in total. The van der Waals surface area contributed by atoms with Crippen molar-refractivity contribution in [3.05, 3.63) is 11.8 Å². The third kappa shape index (κ3) is 2.06. The smallest absolute Gasteiger partial charge is 0.229 e. The van der Waals surface area contributed by atoms with Crippen LogP contribution in [-0.4, -0.2) is 41.1 Å². The lowest BCUT2D eigenvalue weighted by molar-refractivity contribution is 0.881. The van der Waals surface area contributed by atoms with Crippen LogP contribution in [0.25, 0.3) is 11.0 Å². The van der Waals surface area contributed by atoms with E-state index in [9.17, 15) is 0 Å². The maximum absolute atomic E-state index is 4.98.